The first-order valence-corrected chi connectivity index (χ1v) is 13.7. The molecule has 5 fully saturated rings. The Labute approximate surface area is 196 Å². The number of carbonyl (C=O) groups is 1. The van der Waals surface area contributed by atoms with Crippen LogP contribution in [0.1, 0.15) is 88.6 Å². The molecule has 2 N–H and O–H groups in total. The van der Waals surface area contributed by atoms with E-state index in [1.54, 1.807) is 11.8 Å². The number of aromatic nitrogens is 1. The van der Waals surface area contributed by atoms with Gasteiger partial charge in [-0.1, -0.05) is 33.1 Å². The lowest BCUT2D eigenvalue weighted by atomic mass is 9.48. The van der Waals surface area contributed by atoms with E-state index in [-0.39, 0.29) is 11.9 Å². The number of fused-ring (bicyclic) bond motifs is 2. The van der Waals surface area contributed by atoms with Crippen LogP contribution in [0.25, 0.3) is 0 Å². The molecule has 5 aliphatic rings. The van der Waals surface area contributed by atoms with E-state index in [1.165, 1.54) is 38.5 Å². The summed E-state index contributed by atoms with van der Waals surface area (Å²) < 4.78 is 11.8. The van der Waals surface area contributed by atoms with Gasteiger partial charge in [0.05, 0.1) is 6.61 Å². The summed E-state index contributed by atoms with van der Waals surface area (Å²) in [5, 5.41) is 11.4. The van der Waals surface area contributed by atoms with Crippen molar-refractivity contribution in [2.75, 3.05) is 19.7 Å². The molecule has 3 atom stereocenters. The topological polar surface area (TPSA) is 76.4 Å². The van der Waals surface area contributed by atoms with Gasteiger partial charge in [-0.3, -0.25) is 4.79 Å². The second kappa shape index (κ2) is 9.57. The Bertz CT molecular complexity index is 784. The van der Waals surface area contributed by atoms with Crippen molar-refractivity contribution in [3.8, 4) is 5.88 Å². The van der Waals surface area contributed by atoms with Crippen LogP contribution in [-0.4, -0.2) is 42.1 Å². The maximum absolute atomic E-state index is 13.3. The van der Waals surface area contributed by atoms with Gasteiger partial charge in [0.15, 0.2) is 0 Å². The van der Waals surface area contributed by atoms with Crippen molar-refractivity contribution >= 4 is 17.7 Å². The Hall–Kier alpha value is -1.21. The highest BCUT2D eigenvalue weighted by Crippen LogP contribution is 2.59. The Morgan fingerprint density at radius 1 is 1.12 bits per heavy atom. The van der Waals surface area contributed by atoms with E-state index in [0.717, 1.165) is 55.5 Å². The largest absolute Gasteiger partial charge is 0.474 e. The Morgan fingerprint density at radius 2 is 1.84 bits per heavy atom. The first-order valence-electron chi connectivity index (χ1n) is 12.8. The van der Waals surface area contributed by atoms with Crippen LogP contribution in [0.5, 0.6) is 5.88 Å². The predicted octanol–water partition coefficient (Wildman–Crippen LogP) is 5.03. The Morgan fingerprint density at radius 3 is 2.53 bits per heavy atom. The molecule has 1 amide bonds. The number of nitrogens with one attached hydrogen (secondary N) is 2. The zero-order chi connectivity index (χ0) is 22.1. The van der Waals surface area contributed by atoms with Crippen LogP contribution in [0.3, 0.4) is 0 Å². The van der Waals surface area contributed by atoms with Crippen LogP contribution < -0.4 is 15.4 Å². The van der Waals surface area contributed by atoms with E-state index in [4.69, 9.17) is 9.26 Å². The summed E-state index contributed by atoms with van der Waals surface area (Å²) in [6.07, 6.45) is 11.9. The molecule has 4 aliphatic carbocycles. The fourth-order valence-corrected chi connectivity index (χ4v) is 7.61. The van der Waals surface area contributed by atoms with E-state index in [1.807, 2.05) is 0 Å². The molecule has 2 heterocycles. The molecule has 32 heavy (non-hydrogen) atoms. The van der Waals surface area contributed by atoms with Gasteiger partial charge in [0, 0.05) is 11.3 Å². The zero-order valence-electron chi connectivity index (χ0n) is 19.7. The molecule has 1 aromatic rings. The van der Waals surface area contributed by atoms with Gasteiger partial charge in [0.1, 0.15) is 4.90 Å². The molecule has 0 spiro atoms. The number of ether oxygens (including phenoxy) is 1. The standard InChI is InChI=1S/C25H39N3O3S/c1-25(2)17-12-18(25)14-19(13-17)27-23(29)21-22(32-20-6-4-3-5-7-20)24(28-31-21)30-15-16-8-10-26-11-9-16/h16-20,26H,3-15H2,1-2H3,(H,27,29)/t17-,18+,19+. The molecule has 2 bridgehead atoms. The molecule has 6 rings (SSSR count). The molecule has 0 radical (unpaired) electrons. The number of hydrogen-bond acceptors (Lipinski definition) is 6. The number of piperidine rings is 1. The van der Waals surface area contributed by atoms with Crippen molar-refractivity contribution in [3.05, 3.63) is 5.76 Å². The fourth-order valence-electron chi connectivity index (χ4n) is 6.28. The third-order valence-corrected chi connectivity index (χ3v) is 10.1. The van der Waals surface area contributed by atoms with Crippen molar-refractivity contribution in [2.24, 2.45) is 23.2 Å². The van der Waals surface area contributed by atoms with Gasteiger partial charge in [-0.25, -0.2) is 0 Å². The molecular formula is C25H39N3O3S. The van der Waals surface area contributed by atoms with Gasteiger partial charge in [-0.15, -0.1) is 11.8 Å². The van der Waals surface area contributed by atoms with E-state index in [2.05, 4.69) is 29.6 Å². The van der Waals surface area contributed by atoms with Crippen LogP contribution in [0.2, 0.25) is 0 Å². The number of thioether (sulfide) groups is 1. The van der Waals surface area contributed by atoms with Crippen LogP contribution in [0, 0.1) is 23.2 Å². The summed E-state index contributed by atoms with van der Waals surface area (Å²) >= 11 is 1.76. The number of nitrogens with zero attached hydrogens (tertiary/aromatic N) is 1. The average Bonchev–Trinajstić information content (AvgIpc) is 3.21. The zero-order valence-corrected chi connectivity index (χ0v) is 20.5. The molecule has 1 saturated heterocycles. The first-order chi connectivity index (χ1) is 15.5. The highest BCUT2D eigenvalue weighted by molar-refractivity contribution is 8.00. The Balaban J connectivity index is 1.26. The van der Waals surface area contributed by atoms with E-state index in [0.29, 0.717) is 34.8 Å². The van der Waals surface area contributed by atoms with E-state index >= 15 is 0 Å². The summed E-state index contributed by atoms with van der Waals surface area (Å²) in [4.78, 5) is 14.1. The maximum Gasteiger partial charge on any atom is 0.291 e. The van der Waals surface area contributed by atoms with Crippen LogP contribution in [0.4, 0.5) is 0 Å². The molecular weight excluding hydrogens is 422 g/mol. The highest BCUT2D eigenvalue weighted by atomic mass is 32.2. The summed E-state index contributed by atoms with van der Waals surface area (Å²) in [7, 11) is 0. The quantitative estimate of drug-likeness (QED) is 0.593. The molecule has 6 nitrogen and oxygen atoms in total. The monoisotopic (exact) mass is 461 g/mol. The first kappa shape index (κ1) is 22.6. The van der Waals surface area contributed by atoms with Gasteiger partial charge in [0.2, 0.25) is 5.76 Å². The van der Waals surface area contributed by atoms with Crippen LogP contribution in [0.15, 0.2) is 9.42 Å². The lowest BCUT2D eigenvalue weighted by Crippen LogP contribution is -2.55. The third kappa shape index (κ3) is 4.70. The second-order valence-corrected chi connectivity index (χ2v) is 12.4. The minimum Gasteiger partial charge on any atom is -0.474 e. The van der Waals surface area contributed by atoms with Gasteiger partial charge in [0.25, 0.3) is 11.8 Å². The molecule has 4 saturated carbocycles. The second-order valence-electron chi connectivity index (χ2n) is 11.1. The van der Waals surface area contributed by atoms with E-state index < -0.39 is 0 Å². The lowest BCUT2D eigenvalue weighted by molar-refractivity contribution is -0.0771. The number of amides is 1. The fraction of sp³-hybridized carbons (Fsp3) is 0.840. The summed E-state index contributed by atoms with van der Waals surface area (Å²) in [5.41, 5.74) is 0.436. The predicted molar refractivity (Wildman–Crippen MR) is 126 cm³/mol. The van der Waals surface area contributed by atoms with Crippen LogP contribution >= 0.6 is 11.8 Å². The molecule has 0 unspecified atom stereocenters. The minimum atomic E-state index is -0.114. The lowest BCUT2D eigenvalue weighted by Gasteiger charge is -2.58. The molecule has 0 aromatic carbocycles. The van der Waals surface area contributed by atoms with Crippen molar-refractivity contribution < 1.29 is 14.1 Å². The van der Waals surface area contributed by atoms with Crippen molar-refractivity contribution in [2.45, 2.75) is 94.2 Å². The van der Waals surface area contributed by atoms with Crippen molar-refractivity contribution in [3.63, 3.8) is 0 Å². The summed E-state index contributed by atoms with van der Waals surface area (Å²) in [5.74, 6) is 2.76. The van der Waals surface area contributed by atoms with Gasteiger partial charge in [-0.2, -0.15) is 0 Å². The summed E-state index contributed by atoms with van der Waals surface area (Å²) in [6, 6.07) is 0.246. The van der Waals surface area contributed by atoms with E-state index in [9.17, 15) is 4.79 Å². The van der Waals surface area contributed by atoms with Crippen molar-refractivity contribution in [1.82, 2.24) is 15.8 Å². The highest BCUT2D eigenvalue weighted by Gasteiger charge is 2.53. The molecule has 1 aromatic heterocycles. The SMILES string of the molecule is CC1(C)[C@@H]2C[C@@H](NC(=O)c3onc(OCC4CCNCC4)c3SC3CCCCC3)C[C@H]1C2. The normalized spacial score (nSPS) is 30.5. The molecule has 1 aliphatic heterocycles. The van der Waals surface area contributed by atoms with Gasteiger partial charge < -0.3 is 19.9 Å². The van der Waals surface area contributed by atoms with Gasteiger partial charge >= 0.3 is 0 Å². The third-order valence-electron chi connectivity index (χ3n) is 8.72. The summed E-state index contributed by atoms with van der Waals surface area (Å²) in [6.45, 7) is 7.50. The minimum absolute atomic E-state index is 0.114. The Kier molecular flexibility index (Phi) is 6.75. The number of rotatable bonds is 7. The average molecular weight is 462 g/mol. The molecule has 7 heteroatoms. The maximum atomic E-state index is 13.3. The van der Waals surface area contributed by atoms with Crippen LogP contribution in [-0.2, 0) is 0 Å². The molecule has 178 valence electrons. The van der Waals surface area contributed by atoms with Gasteiger partial charge in [-0.05, 0) is 86.4 Å². The number of carbonyl (C=O) groups excluding carboxylic acids is 1. The number of hydrogen-bond donors (Lipinski definition) is 2. The smallest absolute Gasteiger partial charge is 0.291 e. The van der Waals surface area contributed by atoms with Crippen molar-refractivity contribution in [1.29, 1.82) is 0 Å².